The fourth-order valence-corrected chi connectivity index (χ4v) is 1.42. The Hall–Kier alpha value is -1.76. The molecule has 7 heteroatoms. The normalized spacial score (nSPS) is 10.1. The second-order valence-electron chi connectivity index (χ2n) is 2.57. The number of carbonyl (C=O) groups is 1. The second-order valence-corrected chi connectivity index (χ2v) is 3.46. The lowest BCUT2D eigenvalue weighted by Gasteiger charge is -1.95. The van der Waals surface area contributed by atoms with E-state index in [1.165, 1.54) is 16.0 Å². The molecular formula is C7H7N5OS. The Balaban J connectivity index is 2.10. The number of aryl methyl sites for hydroxylation is 1. The van der Waals surface area contributed by atoms with Gasteiger partial charge in [0.25, 0.3) is 5.91 Å². The molecule has 0 aliphatic carbocycles. The fourth-order valence-electron chi connectivity index (χ4n) is 0.898. The van der Waals surface area contributed by atoms with Gasteiger partial charge in [-0.1, -0.05) is 5.21 Å². The quantitative estimate of drug-likeness (QED) is 0.782. The third-order valence-electron chi connectivity index (χ3n) is 1.49. The van der Waals surface area contributed by atoms with Gasteiger partial charge in [-0.05, 0) is 0 Å². The molecule has 2 aromatic rings. The number of thiazole rings is 1. The van der Waals surface area contributed by atoms with E-state index in [2.05, 4.69) is 20.6 Å². The van der Waals surface area contributed by atoms with E-state index in [-0.39, 0.29) is 11.6 Å². The Labute approximate surface area is 83.6 Å². The van der Waals surface area contributed by atoms with Crippen LogP contribution >= 0.6 is 11.3 Å². The molecule has 1 N–H and O–H groups in total. The van der Waals surface area contributed by atoms with Gasteiger partial charge in [0.1, 0.15) is 0 Å². The number of nitrogens with zero attached hydrogens (tertiary/aromatic N) is 4. The summed E-state index contributed by atoms with van der Waals surface area (Å²) in [5, 5.41) is 12.3. The van der Waals surface area contributed by atoms with Crippen LogP contribution < -0.4 is 5.32 Å². The summed E-state index contributed by atoms with van der Waals surface area (Å²) < 4.78 is 1.47. The summed E-state index contributed by atoms with van der Waals surface area (Å²) in [4.78, 5) is 15.4. The zero-order valence-corrected chi connectivity index (χ0v) is 8.15. The Kier molecular flexibility index (Phi) is 2.23. The molecule has 0 aliphatic rings. The Morgan fingerprint density at radius 1 is 1.64 bits per heavy atom. The predicted octanol–water partition coefficient (Wildman–Crippen LogP) is 0.524. The van der Waals surface area contributed by atoms with Crippen molar-refractivity contribution < 1.29 is 4.79 Å². The number of carbonyl (C=O) groups excluding carboxylic acids is 1. The summed E-state index contributed by atoms with van der Waals surface area (Å²) in [7, 11) is 1.70. The number of nitrogens with one attached hydrogen (secondary N) is 1. The molecule has 0 aromatic carbocycles. The molecular weight excluding hydrogens is 202 g/mol. The Morgan fingerprint density at radius 2 is 2.50 bits per heavy atom. The van der Waals surface area contributed by atoms with Crippen molar-refractivity contribution in [3.8, 4) is 0 Å². The summed E-state index contributed by atoms with van der Waals surface area (Å²) >= 11 is 1.35. The molecule has 6 nitrogen and oxygen atoms in total. The maximum Gasteiger partial charge on any atom is 0.279 e. The summed E-state index contributed by atoms with van der Waals surface area (Å²) in [6.45, 7) is 0. The van der Waals surface area contributed by atoms with Gasteiger partial charge in [0, 0.05) is 18.6 Å². The topological polar surface area (TPSA) is 72.7 Å². The number of hydrogen-bond donors (Lipinski definition) is 1. The van der Waals surface area contributed by atoms with E-state index in [1.807, 2.05) is 0 Å². The molecule has 0 radical (unpaired) electrons. The molecule has 72 valence electrons. The van der Waals surface area contributed by atoms with Gasteiger partial charge in [-0.25, -0.2) is 4.98 Å². The monoisotopic (exact) mass is 209 g/mol. The number of rotatable bonds is 2. The van der Waals surface area contributed by atoms with E-state index in [0.29, 0.717) is 5.13 Å². The molecule has 1 amide bonds. The Bertz CT molecular complexity index is 435. The van der Waals surface area contributed by atoms with Gasteiger partial charge in [-0.2, -0.15) is 0 Å². The van der Waals surface area contributed by atoms with E-state index in [0.717, 1.165) is 0 Å². The van der Waals surface area contributed by atoms with Crippen molar-refractivity contribution in [2.24, 2.45) is 7.05 Å². The molecule has 0 aliphatic heterocycles. The van der Waals surface area contributed by atoms with Crippen molar-refractivity contribution in [2.75, 3.05) is 5.32 Å². The van der Waals surface area contributed by atoms with Crippen LogP contribution in [0.5, 0.6) is 0 Å². The van der Waals surface area contributed by atoms with Crippen LogP contribution in [0, 0.1) is 0 Å². The molecule has 2 aromatic heterocycles. The molecule has 0 atom stereocenters. The second kappa shape index (κ2) is 3.54. The third kappa shape index (κ3) is 1.77. The van der Waals surface area contributed by atoms with E-state index in [4.69, 9.17) is 0 Å². The van der Waals surface area contributed by atoms with Gasteiger partial charge < -0.3 is 0 Å². The first kappa shape index (κ1) is 8.82. The van der Waals surface area contributed by atoms with Gasteiger partial charge in [-0.15, -0.1) is 16.4 Å². The fraction of sp³-hybridized carbons (Fsp3) is 0.143. The maximum absolute atomic E-state index is 11.5. The summed E-state index contributed by atoms with van der Waals surface area (Å²) in [5.74, 6) is -0.298. The highest BCUT2D eigenvalue weighted by atomic mass is 32.1. The van der Waals surface area contributed by atoms with Crippen molar-refractivity contribution in [3.63, 3.8) is 0 Å². The van der Waals surface area contributed by atoms with Crippen LogP contribution in [0.25, 0.3) is 0 Å². The zero-order valence-electron chi connectivity index (χ0n) is 7.34. The largest absolute Gasteiger partial charge is 0.296 e. The third-order valence-corrected chi connectivity index (χ3v) is 2.18. The molecule has 0 saturated carbocycles. The van der Waals surface area contributed by atoms with Gasteiger partial charge in [0.05, 0.1) is 6.20 Å². The summed E-state index contributed by atoms with van der Waals surface area (Å²) in [5.41, 5.74) is 0.280. The van der Waals surface area contributed by atoms with Crippen molar-refractivity contribution in [2.45, 2.75) is 0 Å². The van der Waals surface area contributed by atoms with Crippen molar-refractivity contribution >= 4 is 22.4 Å². The number of hydrogen-bond acceptors (Lipinski definition) is 5. The number of anilines is 1. The van der Waals surface area contributed by atoms with Crippen LogP contribution in [0.1, 0.15) is 10.5 Å². The van der Waals surface area contributed by atoms with Crippen molar-refractivity contribution in [1.82, 2.24) is 20.0 Å². The minimum Gasteiger partial charge on any atom is -0.296 e. The Morgan fingerprint density at radius 3 is 3.07 bits per heavy atom. The van der Waals surface area contributed by atoms with E-state index in [1.54, 1.807) is 24.8 Å². The molecule has 0 fully saturated rings. The smallest absolute Gasteiger partial charge is 0.279 e. The van der Waals surface area contributed by atoms with Gasteiger partial charge in [-0.3, -0.25) is 14.8 Å². The number of aromatic nitrogens is 4. The van der Waals surface area contributed by atoms with Gasteiger partial charge in [0.15, 0.2) is 10.8 Å². The first-order valence-corrected chi connectivity index (χ1v) is 4.71. The van der Waals surface area contributed by atoms with Crippen LogP contribution in [-0.2, 0) is 7.05 Å². The van der Waals surface area contributed by atoms with Crippen LogP contribution in [0.2, 0.25) is 0 Å². The molecule has 0 bridgehead atoms. The molecule has 0 unspecified atom stereocenters. The van der Waals surface area contributed by atoms with Crippen LogP contribution in [0.4, 0.5) is 5.13 Å². The minimum absolute atomic E-state index is 0.280. The van der Waals surface area contributed by atoms with E-state index in [9.17, 15) is 4.79 Å². The van der Waals surface area contributed by atoms with E-state index >= 15 is 0 Å². The highest BCUT2D eigenvalue weighted by Gasteiger charge is 2.10. The average molecular weight is 209 g/mol. The van der Waals surface area contributed by atoms with Crippen molar-refractivity contribution in [1.29, 1.82) is 0 Å². The molecule has 0 spiro atoms. The number of amides is 1. The zero-order chi connectivity index (χ0) is 9.97. The lowest BCUT2D eigenvalue weighted by atomic mass is 10.4. The van der Waals surface area contributed by atoms with Crippen molar-refractivity contribution in [3.05, 3.63) is 23.5 Å². The standard InChI is InChI=1S/C7H7N5OS/c1-12-4-5(10-11-12)6(13)9-7-8-2-3-14-7/h2-4H,1H3,(H,8,9,13). The predicted molar refractivity (Wildman–Crippen MR) is 51.1 cm³/mol. The maximum atomic E-state index is 11.5. The van der Waals surface area contributed by atoms with E-state index < -0.39 is 0 Å². The van der Waals surface area contributed by atoms with Gasteiger partial charge in [0.2, 0.25) is 0 Å². The van der Waals surface area contributed by atoms with Crippen LogP contribution in [0.3, 0.4) is 0 Å². The summed E-state index contributed by atoms with van der Waals surface area (Å²) in [6.07, 6.45) is 3.17. The summed E-state index contributed by atoms with van der Waals surface area (Å²) in [6, 6.07) is 0. The molecule has 2 rings (SSSR count). The highest BCUT2D eigenvalue weighted by molar-refractivity contribution is 7.13. The van der Waals surface area contributed by atoms with Gasteiger partial charge >= 0.3 is 0 Å². The molecule has 0 saturated heterocycles. The molecule has 2 heterocycles. The average Bonchev–Trinajstić information content (AvgIpc) is 2.75. The highest BCUT2D eigenvalue weighted by Crippen LogP contribution is 2.11. The van der Waals surface area contributed by atoms with Crippen LogP contribution in [0.15, 0.2) is 17.8 Å². The molecule has 14 heavy (non-hydrogen) atoms. The van der Waals surface area contributed by atoms with Crippen LogP contribution in [-0.4, -0.2) is 25.9 Å². The SMILES string of the molecule is Cn1cc(C(=O)Nc2nccs2)nn1. The first-order chi connectivity index (χ1) is 6.75. The minimum atomic E-state index is -0.298. The lowest BCUT2D eigenvalue weighted by molar-refractivity contribution is 0.102. The first-order valence-electron chi connectivity index (χ1n) is 3.83. The lowest BCUT2D eigenvalue weighted by Crippen LogP contribution is -2.12.